The van der Waals surface area contributed by atoms with Gasteiger partial charge in [0.25, 0.3) is 5.91 Å². The Bertz CT molecular complexity index is 1090. The summed E-state index contributed by atoms with van der Waals surface area (Å²) in [7, 11) is 4.14. The third kappa shape index (κ3) is 5.17. The fraction of sp³-hybridized carbons (Fsp3) is 0.520. The van der Waals surface area contributed by atoms with E-state index in [1.807, 2.05) is 13.1 Å². The molecule has 0 bridgehead atoms. The van der Waals surface area contributed by atoms with Crippen LogP contribution in [0.1, 0.15) is 55.3 Å². The van der Waals surface area contributed by atoms with Crippen LogP contribution in [0.3, 0.4) is 0 Å². The van der Waals surface area contributed by atoms with Crippen LogP contribution >= 0.6 is 0 Å². The fourth-order valence-electron chi connectivity index (χ4n) is 5.14. The van der Waals surface area contributed by atoms with Crippen molar-refractivity contribution in [3.8, 4) is 0 Å². The molecule has 0 radical (unpaired) electrons. The molecule has 3 amide bonds. The van der Waals surface area contributed by atoms with Gasteiger partial charge in [-0.3, -0.25) is 4.79 Å². The van der Waals surface area contributed by atoms with Gasteiger partial charge < -0.3 is 31.1 Å². The molecule has 1 saturated heterocycles. The second-order valence-electron chi connectivity index (χ2n) is 9.82. The molecule has 4 N–H and O–H groups in total. The molecule has 2 fully saturated rings. The molecule has 0 unspecified atom stereocenters. The molecule has 5 rings (SSSR count). The Morgan fingerprint density at radius 2 is 1.89 bits per heavy atom. The molecular formula is C25H34N8O2. The summed E-state index contributed by atoms with van der Waals surface area (Å²) >= 11 is 0. The zero-order valence-corrected chi connectivity index (χ0v) is 20.4. The minimum absolute atomic E-state index is 0.199. The smallest absolute Gasteiger partial charge is 0.319 e. The fourth-order valence-corrected chi connectivity index (χ4v) is 5.14. The molecular weight excluding hydrogens is 444 g/mol. The maximum atomic E-state index is 12.9. The summed E-state index contributed by atoms with van der Waals surface area (Å²) in [5.41, 5.74) is 2.12. The van der Waals surface area contributed by atoms with Crippen molar-refractivity contribution >= 4 is 40.8 Å². The Kier molecular flexibility index (Phi) is 6.72. The van der Waals surface area contributed by atoms with Crippen LogP contribution in [0.5, 0.6) is 0 Å². The van der Waals surface area contributed by atoms with E-state index in [1.54, 1.807) is 18.3 Å². The SMILES string of the molecule is CN1CCC(N(C)c2ncc3c(n2)Nc2c(NC(=O)NC4CCCCC4)cccc2NC3=O)CC1. The summed E-state index contributed by atoms with van der Waals surface area (Å²) in [5, 5.41) is 12.3. The van der Waals surface area contributed by atoms with Crippen LogP contribution in [0.4, 0.5) is 33.6 Å². The van der Waals surface area contributed by atoms with Gasteiger partial charge >= 0.3 is 6.03 Å². The molecule has 2 aliphatic heterocycles. The lowest BCUT2D eigenvalue weighted by Crippen LogP contribution is -2.42. The van der Waals surface area contributed by atoms with Crippen molar-refractivity contribution in [1.29, 1.82) is 0 Å². The minimum Gasteiger partial charge on any atom is -0.341 e. The molecule has 1 saturated carbocycles. The van der Waals surface area contributed by atoms with E-state index in [9.17, 15) is 9.59 Å². The van der Waals surface area contributed by atoms with Crippen LogP contribution < -0.4 is 26.2 Å². The van der Waals surface area contributed by atoms with Crippen LogP contribution in [0.2, 0.25) is 0 Å². The minimum atomic E-state index is -0.288. The van der Waals surface area contributed by atoms with E-state index < -0.39 is 0 Å². The van der Waals surface area contributed by atoms with Crippen molar-refractivity contribution in [3.05, 3.63) is 30.0 Å². The molecule has 3 aliphatic rings. The quantitative estimate of drug-likeness (QED) is 0.529. The average molecular weight is 479 g/mol. The molecule has 1 aromatic carbocycles. The van der Waals surface area contributed by atoms with E-state index >= 15 is 0 Å². The Labute approximate surface area is 205 Å². The van der Waals surface area contributed by atoms with E-state index in [-0.39, 0.29) is 18.0 Å². The third-order valence-electron chi connectivity index (χ3n) is 7.32. The second kappa shape index (κ2) is 10.1. The predicted molar refractivity (Wildman–Crippen MR) is 138 cm³/mol. The highest BCUT2D eigenvalue weighted by atomic mass is 16.2. The Hall–Kier alpha value is -3.40. The van der Waals surface area contributed by atoms with Crippen LogP contribution in [0.25, 0.3) is 0 Å². The van der Waals surface area contributed by atoms with Crippen molar-refractivity contribution in [2.75, 3.05) is 48.0 Å². The highest BCUT2D eigenvalue weighted by Crippen LogP contribution is 2.37. The van der Waals surface area contributed by atoms with E-state index in [2.05, 4.69) is 43.1 Å². The number of aromatic nitrogens is 2. The van der Waals surface area contributed by atoms with Gasteiger partial charge in [-0.25, -0.2) is 9.78 Å². The highest BCUT2D eigenvalue weighted by Gasteiger charge is 2.27. The summed E-state index contributed by atoms with van der Waals surface area (Å²) in [6.45, 7) is 2.07. The van der Waals surface area contributed by atoms with Crippen molar-refractivity contribution in [1.82, 2.24) is 20.2 Å². The number of nitrogens with zero attached hydrogens (tertiary/aromatic N) is 4. The second-order valence-corrected chi connectivity index (χ2v) is 9.82. The summed E-state index contributed by atoms with van der Waals surface area (Å²) in [6.07, 6.45) is 9.17. The number of hydrogen-bond donors (Lipinski definition) is 4. The summed E-state index contributed by atoms with van der Waals surface area (Å²) < 4.78 is 0. The van der Waals surface area contributed by atoms with Gasteiger partial charge in [0.2, 0.25) is 5.95 Å². The number of piperidine rings is 1. The molecule has 10 heteroatoms. The predicted octanol–water partition coefficient (Wildman–Crippen LogP) is 3.77. The largest absolute Gasteiger partial charge is 0.341 e. The summed E-state index contributed by atoms with van der Waals surface area (Å²) in [6, 6.07) is 5.72. The highest BCUT2D eigenvalue weighted by molar-refractivity contribution is 6.13. The normalized spacial score (nSPS) is 19.0. The van der Waals surface area contributed by atoms with Gasteiger partial charge in [0.15, 0.2) is 0 Å². The number of carbonyl (C=O) groups excluding carboxylic acids is 2. The van der Waals surface area contributed by atoms with Gasteiger partial charge in [-0.2, -0.15) is 4.98 Å². The van der Waals surface area contributed by atoms with Crippen LogP contribution in [-0.4, -0.2) is 66.1 Å². The Balaban J connectivity index is 1.37. The number of likely N-dealkylation sites (tertiary alicyclic amines) is 1. The van der Waals surface area contributed by atoms with Gasteiger partial charge in [-0.15, -0.1) is 0 Å². The van der Waals surface area contributed by atoms with E-state index in [4.69, 9.17) is 4.98 Å². The number of nitrogens with one attached hydrogen (secondary N) is 4. The number of para-hydroxylation sites is 1. The first-order chi connectivity index (χ1) is 17.0. The first-order valence-corrected chi connectivity index (χ1v) is 12.6. The maximum Gasteiger partial charge on any atom is 0.319 e. The molecule has 1 aliphatic carbocycles. The third-order valence-corrected chi connectivity index (χ3v) is 7.32. The number of hydrogen-bond acceptors (Lipinski definition) is 7. The molecule has 35 heavy (non-hydrogen) atoms. The van der Waals surface area contributed by atoms with Gasteiger partial charge in [-0.1, -0.05) is 25.3 Å². The molecule has 0 atom stereocenters. The average Bonchev–Trinajstić information content (AvgIpc) is 3.00. The number of rotatable bonds is 4. The van der Waals surface area contributed by atoms with E-state index in [0.717, 1.165) is 51.6 Å². The van der Waals surface area contributed by atoms with Crippen molar-refractivity contribution in [2.45, 2.75) is 57.0 Å². The van der Waals surface area contributed by atoms with Crippen molar-refractivity contribution in [2.24, 2.45) is 0 Å². The van der Waals surface area contributed by atoms with E-state index in [0.29, 0.717) is 40.4 Å². The van der Waals surface area contributed by atoms with Crippen LogP contribution in [-0.2, 0) is 0 Å². The zero-order chi connectivity index (χ0) is 24.4. The lowest BCUT2D eigenvalue weighted by atomic mass is 9.96. The lowest BCUT2D eigenvalue weighted by molar-refractivity contribution is 0.102. The maximum absolute atomic E-state index is 12.9. The van der Waals surface area contributed by atoms with Gasteiger partial charge in [-0.05, 0) is 58.0 Å². The number of benzene rings is 1. The molecule has 3 heterocycles. The van der Waals surface area contributed by atoms with Crippen molar-refractivity contribution in [3.63, 3.8) is 0 Å². The van der Waals surface area contributed by atoms with Gasteiger partial charge in [0.1, 0.15) is 11.4 Å². The number of anilines is 5. The Morgan fingerprint density at radius 3 is 2.66 bits per heavy atom. The van der Waals surface area contributed by atoms with E-state index in [1.165, 1.54) is 6.42 Å². The topological polar surface area (TPSA) is 115 Å². The summed E-state index contributed by atoms with van der Waals surface area (Å²) in [5.74, 6) is 0.707. The standard InChI is InChI=1S/C25H34N8O2/c1-32-13-11-17(12-14-32)33(2)24-26-15-18-22(31-24)30-21-19(28-23(18)34)9-6-10-20(21)29-25(35)27-16-7-4-3-5-8-16/h6,9-10,15-17H,3-5,7-8,11-14H2,1-2H3,(H,28,34)(H,26,30,31)(H2,27,29,35). The molecule has 10 nitrogen and oxygen atoms in total. The number of fused-ring (bicyclic) bond motifs is 2. The molecule has 1 aromatic heterocycles. The number of urea groups is 1. The van der Waals surface area contributed by atoms with Crippen LogP contribution in [0.15, 0.2) is 24.4 Å². The number of carbonyl (C=O) groups is 2. The van der Waals surface area contributed by atoms with Gasteiger partial charge in [0, 0.05) is 25.3 Å². The molecule has 2 aromatic rings. The summed E-state index contributed by atoms with van der Waals surface area (Å²) in [4.78, 5) is 39.3. The van der Waals surface area contributed by atoms with Gasteiger partial charge in [0.05, 0.1) is 17.1 Å². The Morgan fingerprint density at radius 1 is 1.11 bits per heavy atom. The first kappa shape index (κ1) is 23.3. The monoisotopic (exact) mass is 478 g/mol. The van der Waals surface area contributed by atoms with Crippen molar-refractivity contribution < 1.29 is 9.59 Å². The first-order valence-electron chi connectivity index (χ1n) is 12.6. The lowest BCUT2D eigenvalue weighted by Gasteiger charge is -2.35. The molecule has 186 valence electrons. The zero-order valence-electron chi connectivity index (χ0n) is 20.4. The van der Waals surface area contributed by atoms with Crippen LogP contribution in [0, 0.1) is 0 Å². The number of amides is 3. The molecule has 0 spiro atoms.